The lowest BCUT2D eigenvalue weighted by Crippen LogP contribution is -2.43. The number of carboxylic acid groups (broad SMARTS) is 1. The van der Waals surface area contributed by atoms with E-state index in [2.05, 4.69) is 19.8 Å². The Balaban J connectivity index is 1.06. The monoisotopic (exact) mass is 570 g/mol. The Morgan fingerprint density at radius 3 is 2.69 bits per heavy atom. The zero-order chi connectivity index (χ0) is 29.1. The molecule has 0 radical (unpaired) electrons. The first-order valence-corrected chi connectivity index (χ1v) is 14.1. The fourth-order valence-corrected chi connectivity index (χ4v) is 5.37. The van der Waals surface area contributed by atoms with E-state index >= 15 is 0 Å². The molecule has 0 saturated carbocycles. The van der Waals surface area contributed by atoms with Gasteiger partial charge in [-0.15, -0.1) is 0 Å². The lowest BCUT2D eigenvalue weighted by atomic mass is 10.1. The predicted molar refractivity (Wildman–Crippen MR) is 153 cm³/mol. The number of halogens is 1. The minimum absolute atomic E-state index is 0.0231. The molecule has 2 fully saturated rings. The lowest BCUT2D eigenvalue weighted by molar-refractivity contribution is -0.0590. The van der Waals surface area contributed by atoms with Crippen molar-refractivity contribution in [2.75, 3.05) is 24.6 Å². The number of imidazole rings is 1. The van der Waals surface area contributed by atoms with Gasteiger partial charge < -0.3 is 29.4 Å². The van der Waals surface area contributed by atoms with Gasteiger partial charge in [0.15, 0.2) is 0 Å². The van der Waals surface area contributed by atoms with E-state index in [0.29, 0.717) is 30.6 Å². The number of fused-ring (bicyclic) bond motifs is 1. The minimum Gasteiger partial charge on any atom is -0.478 e. The second-order valence-electron chi connectivity index (χ2n) is 10.6. The third-order valence-corrected chi connectivity index (χ3v) is 7.89. The summed E-state index contributed by atoms with van der Waals surface area (Å²) >= 11 is 0. The van der Waals surface area contributed by atoms with Crippen molar-refractivity contribution in [2.24, 2.45) is 0 Å². The highest BCUT2D eigenvalue weighted by Gasteiger charge is 2.24. The molecule has 0 unspecified atom stereocenters. The highest BCUT2D eigenvalue weighted by atomic mass is 19.1. The molecule has 2 aromatic carbocycles. The van der Waals surface area contributed by atoms with Crippen molar-refractivity contribution in [2.45, 2.75) is 51.1 Å². The first-order chi connectivity index (χ1) is 20.5. The van der Waals surface area contributed by atoms with Crippen LogP contribution >= 0.6 is 0 Å². The van der Waals surface area contributed by atoms with Crippen LogP contribution in [0.5, 0.6) is 5.88 Å². The summed E-state index contributed by atoms with van der Waals surface area (Å²) in [6.45, 7) is 3.62. The maximum atomic E-state index is 14.2. The highest BCUT2D eigenvalue weighted by Crippen LogP contribution is 2.24. The van der Waals surface area contributed by atoms with Gasteiger partial charge in [-0.05, 0) is 55.7 Å². The predicted octanol–water partition coefficient (Wildman–Crippen LogP) is 4.27. The molecule has 4 aromatic rings. The fourth-order valence-electron chi connectivity index (χ4n) is 5.37. The number of pyridine rings is 1. The third-order valence-electron chi connectivity index (χ3n) is 7.89. The van der Waals surface area contributed by atoms with Crippen LogP contribution in [0.1, 0.15) is 46.6 Å². The quantitative estimate of drug-likeness (QED) is 0.288. The summed E-state index contributed by atoms with van der Waals surface area (Å²) in [5.41, 5.74) is 2.47. The van der Waals surface area contributed by atoms with Crippen molar-refractivity contribution >= 4 is 22.8 Å². The van der Waals surface area contributed by atoms with Crippen LogP contribution in [0.25, 0.3) is 11.0 Å². The summed E-state index contributed by atoms with van der Waals surface area (Å²) in [5, 5.41) is 22.0. The number of carboxylic acids is 1. The summed E-state index contributed by atoms with van der Waals surface area (Å²) in [6, 6.07) is 17.2. The number of nitriles is 1. The zero-order valence-electron chi connectivity index (χ0n) is 23.0. The number of hydrogen-bond acceptors (Lipinski definition) is 8. The Labute approximate surface area is 242 Å². The number of piperidine rings is 1. The van der Waals surface area contributed by atoms with Crippen LogP contribution in [0, 0.1) is 17.1 Å². The third kappa shape index (κ3) is 6.05. The van der Waals surface area contributed by atoms with E-state index in [1.165, 1.54) is 6.07 Å². The van der Waals surface area contributed by atoms with E-state index in [1.54, 1.807) is 36.4 Å². The molecule has 4 heterocycles. The molecular formula is C31H31FN6O4. The molecule has 1 atom stereocenters. The number of ether oxygens (including phenoxy) is 2. The summed E-state index contributed by atoms with van der Waals surface area (Å²) in [6.07, 6.45) is 2.93. The van der Waals surface area contributed by atoms with Gasteiger partial charge in [-0.2, -0.15) is 10.2 Å². The summed E-state index contributed by atoms with van der Waals surface area (Å²) in [4.78, 5) is 23.2. The first-order valence-electron chi connectivity index (χ1n) is 14.1. The van der Waals surface area contributed by atoms with Crippen molar-refractivity contribution in [3.63, 3.8) is 0 Å². The summed E-state index contributed by atoms with van der Waals surface area (Å²) in [7, 11) is 0. The first kappa shape index (κ1) is 27.6. The lowest BCUT2D eigenvalue weighted by Gasteiger charge is -2.33. The van der Waals surface area contributed by atoms with E-state index < -0.39 is 11.8 Å². The molecule has 2 saturated heterocycles. The number of anilines is 1. The average Bonchev–Trinajstić information content (AvgIpc) is 3.34. The standard InChI is InChI=1S/C31H31FN6O4/c32-25-14-20(16-33)4-5-22(25)19-42-30-3-1-2-28(36-30)37-11-8-23(9-12-37)34-17-29-35-26-7-6-21(31(39)40)15-27(26)38(29)18-24-10-13-41-24/h1-7,14-15,23-24,34H,8-13,17-19H2,(H,39,40)/t24-/m0/s1. The zero-order valence-corrected chi connectivity index (χ0v) is 23.0. The van der Waals surface area contributed by atoms with Gasteiger partial charge in [-0.3, -0.25) is 0 Å². The van der Waals surface area contributed by atoms with Crippen molar-refractivity contribution in [3.8, 4) is 11.9 Å². The molecular weight excluding hydrogens is 539 g/mol. The van der Waals surface area contributed by atoms with Crippen molar-refractivity contribution in [1.29, 1.82) is 5.26 Å². The van der Waals surface area contributed by atoms with Crippen LogP contribution in [0.15, 0.2) is 54.6 Å². The second-order valence-corrected chi connectivity index (χ2v) is 10.6. The van der Waals surface area contributed by atoms with Crippen LogP contribution in [-0.2, 0) is 24.4 Å². The Morgan fingerprint density at radius 1 is 1.14 bits per heavy atom. The van der Waals surface area contributed by atoms with Crippen LogP contribution in [-0.4, -0.2) is 57.5 Å². The molecule has 0 aliphatic carbocycles. The van der Waals surface area contributed by atoms with E-state index in [4.69, 9.17) is 19.7 Å². The topological polar surface area (TPSA) is 126 Å². The average molecular weight is 571 g/mol. The largest absolute Gasteiger partial charge is 0.478 e. The number of carbonyl (C=O) groups is 1. The molecule has 6 rings (SSSR count). The SMILES string of the molecule is N#Cc1ccc(COc2cccc(N3CCC(NCc4nc5ccc(C(=O)O)cc5n4C[C@@H]4CCO4)CC3)n2)c(F)c1. The van der Waals surface area contributed by atoms with Gasteiger partial charge in [0.1, 0.15) is 24.1 Å². The molecule has 2 aromatic heterocycles. The molecule has 10 nitrogen and oxygen atoms in total. The van der Waals surface area contributed by atoms with E-state index in [0.717, 1.165) is 61.6 Å². The number of hydrogen-bond donors (Lipinski definition) is 2. The molecule has 2 aliphatic rings. The number of aromatic carboxylic acids is 1. The minimum atomic E-state index is -0.956. The van der Waals surface area contributed by atoms with E-state index in [-0.39, 0.29) is 23.8 Å². The molecule has 2 aliphatic heterocycles. The Morgan fingerprint density at radius 2 is 1.98 bits per heavy atom. The molecule has 2 N–H and O–H groups in total. The van der Waals surface area contributed by atoms with Crippen LogP contribution < -0.4 is 15.0 Å². The normalized spacial score (nSPS) is 17.1. The van der Waals surface area contributed by atoms with Gasteiger partial charge in [-0.1, -0.05) is 12.1 Å². The van der Waals surface area contributed by atoms with Gasteiger partial charge in [0, 0.05) is 37.4 Å². The smallest absolute Gasteiger partial charge is 0.335 e. The number of nitrogens with zero attached hydrogens (tertiary/aromatic N) is 5. The summed E-state index contributed by atoms with van der Waals surface area (Å²) in [5.74, 6) is 0.662. The van der Waals surface area contributed by atoms with Gasteiger partial charge in [0.05, 0.1) is 47.4 Å². The summed E-state index contributed by atoms with van der Waals surface area (Å²) < 4.78 is 27.7. The molecule has 0 spiro atoms. The molecule has 216 valence electrons. The van der Waals surface area contributed by atoms with Crippen molar-refractivity contribution < 1.29 is 23.8 Å². The number of benzene rings is 2. The maximum absolute atomic E-state index is 14.2. The van der Waals surface area contributed by atoms with Gasteiger partial charge in [-0.25, -0.2) is 14.2 Å². The molecule has 0 amide bonds. The van der Waals surface area contributed by atoms with Crippen LogP contribution in [0.3, 0.4) is 0 Å². The van der Waals surface area contributed by atoms with Crippen molar-refractivity contribution in [3.05, 3.63) is 82.9 Å². The van der Waals surface area contributed by atoms with Gasteiger partial charge >= 0.3 is 5.97 Å². The fraction of sp³-hybridized carbons (Fsp3) is 0.355. The number of nitrogens with one attached hydrogen (secondary N) is 1. The van der Waals surface area contributed by atoms with Gasteiger partial charge in [0.25, 0.3) is 0 Å². The Hall–Kier alpha value is -4.53. The molecule has 42 heavy (non-hydrogen) atoms. The molecule has 0 bridgehead atoms. The highest BCUT2D eigenvalue weighted by molar-refractivity contribution is 5.92. The van der Waals surface area contributed by atoms with Gasteiger partial charge in [0.2, 0.25) is 5.88 Å². The van der Waals surface area contributed by atoms with E-state index in [1.807, 2.05) is 18.2 Å². The molecule has 11 heteroatoms. The maximum Gasteiger partial charge on any atom is 0.335 e. The Bertz CT molecular complexity index is 1640. The number of rotatable bonds is 10. The second kappa shape index (κ2) is 12.1. The van der Waals surface area contributed by atoms with Crippen LogP contribution in [0.4, 0.5) is 10.2 Å². The Kier molecular flexibility index (Phi) is 7.99. The van der Waals surface area contributed by atoms with E-state index in [9.17, 15) is 14.3 Å². The number of aromatic nitrogens is 3. The van der Waals surface area contributed by atoms with Crippen LogP contribution in [0.2, 0.25) is 0 Å². The van der Waals surface area contributed by atoms with Crippen molar-refractivity contribution in [1.82, 2.24) is 19.9 Å².